The maximum absolute atomic E-state index is 11.3. The van der Waals surface area contributed by atoms with Crippen molar-refractivity contribution in [2.45, 2.75) is 6.92 Å². The number of carbonyl (C=O) groups excluding carboxylic acids is 1. The second kappa shape index (κ2) is 5.37. The van der Waals surface area contributed by atoms with Gasteiger partial charge in [-0.1, -0.05) is 0 Å². The van der Waals surface area contributed by atoms with Crippen molar-refractivity contribution in [1.29, 1.82) is 0 Å². The lowest BCUT2D eigenvalue weighted by Gasteiger charge is -2.11. The summed E-state index contributed by atoms with van der Waals surface area (Å²) in [6.45, 7) is 1.73. The Balaban J connectivity index is 3.03. The average molecular weight is 226 g/mol. The van der Waals surface area contributed by atoms with Gasteiger partial charge < -0.3 is 19.3 Å². The SMILES string of the molecule is COCOc1ccc(C(=O)OC)c(O)c1C. The Labute approximate surface area is 93.6 Å². The lowest BCUT2D eigenvalue weighted by atomic mass is 10.1. The zero-order valence-corrected chi connectivity index (χ0v) is 9.44. The summed E-state index contributed by atoms with van der Waals surface area (Å²) in [5.74, 6) is -0.258. The van der Waals surface area contributed by atoms with Crippen LogP contribution in [0.3, 0.4) is 0 Å². The fourth-order valence-electron chi connectivity index (χ4n) is 1.24. The third kappa shape index (κ3) is 2.43. The molecule has 0 fully saturated rings. The molecule has 0 aliphatic rings. The minimum Gasteiger partial charge on any atom is -0.507 e. The van der Waals surface area contributed by atoms with Crippen molar-refractivity contribution < 1.29 is 24.1 Å². The van der Waals surface area contributed by atoms with Gasteiger partial charge in [0, 0.05) is 12.7 Å². The molecular weight excluding hydrogens is 212 g/mol. The van der Waals surface area contributed by atoms with E-state index in [-0.39, 0.29) is 18.1 Å². The minimum absolute atomic E-state index is 0.0812. The lowest BCUT2D eigenvalue weighted by molar-refractivity contribution is 0.0503. The zero-order valence-electron chi connectivity index (χ0n) is 9.44. The quantitative estimate of drug-likeness (QED) is 0.622. The van der Waals surface area contributed by atoms with Gasteiger partial charge in [0.2, 0.25) is 0 Å². The molecule has 0 aromatic heterocycles. The highest BCUT2D eigenvalue weighted by molar-refractivity contribution is 5.93. The van der Waals surface area contributed by atoms with Gasteiger partial charge in [-0.25, -0.2) is 4.79 Å². The molecule has 88 valence electrons. The van der Waals surface area contributed by atoms with Crippen LogP contribution in [0.5, 0.6) is 11.5 Å². The number of ether oxygens (including phenoxy) is 3. The molecule has 0 saturated carbocycles. The van der Waals surface area contributed by atoms with Crippen LogP contribution in [0.25, 0.3) is 0 Å². The molecule has 1 rings (SSSR count). The van der Waals surface area contributed by atoms with Crippen LogP contribution in [0, 0.1) is 6.92 Å². The first-order valence-electron chi connectivity index (χ1n) is 4.64. The van der Waals surface area contributed by atoms with Crippen molar-refractivity contribution in [3.8, 4) is 11.5 Å². The Morgan fingerprint density at radius 1 is 1.38 bits per heavy atom. The van der Waals surface area contributed by atoms with Crippen molar-refractivity contribution in [1.82, 2.24) is 0 Å². The van der Waals surface area contributed by atoms with Gasteiger partial charge in [-0.15, -0.1) is 0 Å². The Morgan fingerprint density at radius 2 is 2.06 bits per heavy atom. The number of hydrogen-bond acceptors (Lipinski definition) is 5. The monoisotopic (exact) mass is 226 g/mol. The van der Waals surface area contributed by atoms with E-state index in [2.05, 4.69) is 4.74 Å². The summed E-state index contributed by atoms with van der Waals surface area (Å²) >= 11 is 0. The van der Waals surface area contributed by atoms with E-state index in [1.165, 1.54) is 20.3 Å². The molecular formula is C11H14O5. The molecule has 16 heavy (non-hydrogen) atoms. The smallest absolute Gasteiger partial charge is 0.341 e. The Bertz CT molecular complexity index is 386. The molecule has 0 bridgehead atoms. The summed E-state index contributed by atoms with van der Waals surface area (Å²) in [5.41, 5.74) is 0.588. The van der Waals surface area contributed by atoms with Crippen molar-refractivity contribution in [3.63, 3.8) is 0 Å². The van der Waals surface area contributed by atoms with Crippen LogP contribution < -0.4 is 4.74 Å². The van der Waals surface area contributed by atoms with Crippen LogP contribution in [-0.2, 0) is 9.47 Å². The second-order valence-corrected chi connectivity index (χ2v) is 3.13. The molecule has 0 aliphatic heterocycles. The minimum atomic E-state index is -0.584. The molecule has 0 unspecified atom stereocenters. The fourth-order valence-corrected chi connectivity index (χ4v) is 1.24. The van der Waals surface area contributed by atoms with Gasteiger partial charge in [0.1, 0.15) is 17.1 Å². The molecule has 1 N–H and O–H groups in total. The Morgan fingerprint density at radius 3 is 2.62 bits per heavy atom. The van der Waals surface area contributed by atoms with E-state index >= 15 is 0 Å². The Hall–Kier alpha value is -1.75. The molecule has 0 heterocycles. The van der Waals surface area contributed by atoms with E-state index < -0.39 is 5.97 Å². The van der Waals surface area contributed by atoms with Gasteiger partial charge in [0.25, 0.3) is 0 Å². The highest BCUT2D eigenvalue weighted by Gasteiger charge is 2.16. The van der Waals surface area contributed by atoms with Crippen LogP contribution in [0.1, 0.15) is 15.9 Å². The molecule has 0 spiro atoms. The maximum Gasteiger partial charge on any atom is 0.341 e. The molecule has 5 heteroatoms. The van der Waals surface area contributed by atoms with E-state index in [0.29, 0.717) is 11.3 Å². The lowest BCUT2D eigenvalue weighted by Crippen LogP contribution is -2.05. The second-order valence-electron chi connectivity index (χ2n) is 3.13. The molecule has 0 saturated heterocycles. The number of benzene rings is 1. The summed E-state index contributed by atoms with van der Waals surface area (Å²) in [6, 6.07) is 3.03. The number of phenolic OH excluding ortho intramolecular Hbond substituents is 1. The van der Waals surface area contributed by atoms with Crippen LogP contribution >= 0.6 is 0 Å². The number of hydrogen-bond donors (Lipinski definition) is 1. The summed E-state index contributed by atoms with van der Waals surface area (Å²) in [7, 11) is 2.75. The normalized spacial score (nSPS) is 9.94. The van der Waals surface area contributed by atoms with Crippen molar-refractivity contribution in [2.24, 2.45) is 0 Å². The topological polar surface area (TPSA) is 65.0 Å². The van der Waals surface area contributed by atoms with E-state index in [1.54, 1.807) is 13.0 Å². The van der Waals surface area contributed by atoms with Crippen molar-refractivity contribution in [2.75, 3.05) is 21.0 Å². The highest BCUT2D eigenvalue weighted by Crippen LogP contribution is 2.30. The van der Waals surface area contributed by atoms with Crippen molar-refractivity contribution in [3.05, 3.63) is 23.3 Å². The van der Waals surface area contributed by atoms with Crippen LogP contribution in [0.15, 0.2) is 12.1 Å². The first kappa shape index (κ1) is 12.3. The Kier molecular flexibility index (Phi) is 4.13. The van der Waals surface area contributed by atoms with Gasteiger partial charge in [-0.2, -0.15) is 0 Å². The van der Waals surface area contributed by atoms with Gasteiger partial charge >= 0.3 is 5.97 Å². The van der Waals surface area contributed by atoms with E-state index in [4.69, 9.17) is 9.47 Å². The molecule has 0 radical (unpaired) electrons. The number of esters is 1. The molecule has 1 aromatic rings. The fraction of sp³-hybridized carbons (Fsp3) is 0.364. The van der Waals surface area contributed by atoms with Crippen molar-refractivity contribution >= 4 is 5.97 Å². The average Bonchev–Trinajstić information content (AvgIpc) is 2.30. The molecule has 0 aliphatic carbocycles. The van der Waals surface area contributed by atoms with Crippen LogP contribution in [-0.4, -0.2) is 32.1 Å². The summed E-state index contributed by atoms with van der Waals surface area (Å²) in [5, 5.41) is 9.76. The maximum atomic E-state index is 11.3. The predicted molar refractivity (Wildman–Crippen MR) is 56.7 cm³/mol. The third-order valence-corrected chi connectivity index (χ3v) is 2.12. The van der Waals surface area contributed by atoms with E-state index in [9.17, 15) is 9.90 Å². The number of phenols is 1. The van der Waals surface area contributed by atoms with E-state index in [1.807, 2.05) is 0 Å². The number of aromatic hydroxyl groups is 1. The van der Waals surface area contributed by atoms with Gasteiger partial charge in [0.05, 0.1) is 7.11 Å². The summed E-state index contributed by atoms with van der Waals surface area (Å²) in [6.07, 6.45) is 0. The van der Waals surface area contributed by atoms with Gasteiger partial charge in [-0.3, -0.25) is 0 Å². The molecule has 0 amide bonds. The molecule has 1 aromatic carbocycles. The first-order valence-corrected chi connectivity index (χ1v) is 4.64. The number of carbonyl (C=O) groups is 1. The predicted octanol–water partition coefficient (Wildman–Crippen LogP) is 1.47. The largest absolute Gasteiger partial charge is 0.507 e. The summed E-state index contributed by atoms with van der Waals surface area (Å²) in [4.78, 5) is 11.3. The highest BCUT2D eigenvalue weighted by atomic mass is 16.7. The van der Waals surface area contributed by atoms with Gasteiger partial charge in [-0.05, 0) is 19.1 Å². The third-order valence-electron chi connectivity index (χ3n) is 2.12. The van der Waals surface area contributed by atoms with Gasteiger partial charge in [0.15, 0.2) is 6.79 Å². The van der Waals surface area contributed by atoms with E-state index in [0.717, 1.165) is 0 Å². The first-order chi connectivity index (χ1) is 7.61. The van der Waals surface area contributed by atoms with Crippen LogP contribution in [0.4, 0.5) is 0 Å². The molecule has 0 atom stereocenters. The number of rotatable bonds is 4. The summed E-state index contributed by atoms with van der Waals surface area (Å²) < 4.78 is 14.5. The molecule has 5 nitrogen and oxygen atoms in total. The number of methoxy groups -OCH3 is 2. The zero-order chi connectivity index (χ0) is 12.1. The standard InChI is InChI=1S/C11H14O5/c1-7-9(16-6-14-2)5-4-8(10(7)12)11(13)15-3/h4-5,12H,6H2,1-3H3. The van der Waals surface area contributed by atoms with Crippen LogP contribution in [0.2, 0.25) is 0 Å².